The van der Waals surface area contributed by atoms with Crippen LogP contribution < -0.4 is 10.6 Å². The van der Waals surface area contributed by atoms with Gasteiger partial charge in [0.1, 0.15) is 0 Å². The van der Waals surface area contributed by atoms with Gasteiger partial charge in [-0.05, 0) is 69.4 Å². The highest BCUT2D eigenvalue weighted by Gasteiger charge is 2.31. The lowest BCUT2D eigenvalue weighted by atomic mass is 9.78. The Morgan fingerprint density at radius 1 is 1.09 bits per heavy atom. The summed E-state index contributed by atoms with van der Waals surface area (Å²) in [4.78, 5) is 15.4. The normalized spacial score (nSPS) is 21.2. The molecule has 2 amide bonds. The first kappa shape index (κ1) is 27.0. The number of likely N-dealkylation sites (N-methyl/N-ethyl adjacent to an activating group) is 1. The second-order valence-electron chi connectivity index (χ2n) is 10.5. The molecule has 0 aromatic heterocycles. The number of hydrogen-bond donors (Lipinski definition) is 2. The molecule has 1 aromatic rings. The number of nitrogens with one attached hydrogen (secondary N) is 2. The van der Waals surface area contributed by atoms with Crippen molar-refractivity contribution < 1.29 is 9.53 Å². The van der Waals surface area contributed by atoms with Crippen LogP contribution in [0.2, 0.25) is 0 Å². The molecule has 1 aliphatic carbocycles. The Balaban J connectivity index is 1.58. The zero-order valence-electron chi connectivity index (χ0n) is 21.8. The number of rotatable bonds is 13. The summed E-state index contributed by atoms with van der Waals surface area (Å²) in [6.07, 6.45) is 13.6. The molecule has 0 bridgehead atoms. The molecule has 1 aromatic carbocycles. The molecular weight excluding hydrogens is 422 g/mol. The zero-order valence-corrected chi connectivity index (χ0v) is 21.8. The van der Waals surface area contributed by atoms with E-state index in [0.29, 0.717) is 11.8 Å². The van der Waals surface area contributed by atoms with Gasteiger partial charge in [-0.25, -0.2) is 4.79 Å². The van der Waals surface area contributed by atoms with Crippen molar-refractivity contribution in [3.05, 3.63) is 35.9 Å². The highest BCUT2D eigenvalue weighted by atomic mass is 16.5. The van der Waals surface area contributed by atoms with E-state index in [1.807, 2.05) is 7.05 Å². The third kappa shape index (κ3) is 8.88. The lowest BCUT2D eigenvalue weighted by Crippen LogP contribution is -2.51. The van der Waals surface area contributed by atoms with Gasteiger partial charge in [-0.15, -0.1) is 0 Å². The predicted octanol–water partition coefficient (Wildman–Crippen LogP) is 5.96. The number of carbonyl (C=O) groups is 1. The van der Waals surface area contributed by atoms with Crippen LogP contribution in [0.3, 0.4) is 0 Å². The highest BCUT2D eigenvalue weighted by molar-refractivity contribution is 5.74. The molecular formula is C29H49N3O2. The van der Waals surface area contributed by atoms with Crippen LogP contribution in [0.25, 0.3) is 0 Å². The van der Waals surface area contributed by atoms with Gasteiger partial charge in [-0.1, -0.05) is 68.9 Å². The maximum atomic E-state index is 13.3. The minimum Gasteiger partial charge on any atom is -0.382 e. The van der Waals surface area contributed by atoms with Crippen LogP contribution in [0.1, 0.15) is 89.0 Å². The number of benzene rings is 1. The highest BCUT2D eigenvalue weighted by Crippen LogP contribution is 2.36. The molecule has 2 fully saturated rings. The monoisotopic (exact) mass is 471 g/mol. The number of hydrogen-bond acceptors (Lipinski definition) is 3. The van der Waals surface area contributed by atoms with Crippen molar-refractivity contribution >= 4 is 6.03 Å². The molecule has 34 heavy (non-hydrogen) atoms. The quantitative estimate of drug-likeness (QED) is 0.349. The van der Waals surface area contributed by atoms with Crippen LogP contribution in [0, 0.1) is 11.8 Å². The molecule has 5 heteroatoms. The summed E-state index contributed by atoms with van der Waals surface area (Å²) in [6.45, 7) is 6.31. The Hall–Kier alpha value is -1.59. The van der Waals surface area contributed by atoms with Crippen molar-refractivity contribution in [3.8, 4) is 0 Å². The molecule has 1 heterocycles. The van der Waals surface area contributed by atoms with Crippen LogP contribution in [0.5, 0.6) is 0 Å². The average Bonchev–Trinajstić information content (AvgIpc) is 2.87. The molecule has 3 rings (SSSR count). The van der Waals surface area contributed by atoms with Crippen LogP contribution in [-0.2, 0) is 4.74 Å². The maximum absolute atomic E-state index is 13.3. The van der Waals surface area contributed by atoms with Crippen molar-refractivity contribution in [1.29, 1.82) is 0 Å². The van der Waals surface area contributed by atoms with Gasteiger partial charge >= 0.3 is 6.03 Å². The van der Waals surface area contributed by atoms with Crippen LogP contribution in [0.4, 0.5) is 4.79 Å². The first-order valence-corrected chi connectivity index (χ1v) is 14.0. The van der Waals surface area contributed by atoms with Crippen molar-refractivity contribution in [3.63, 3.8) is 0 Å². The molecule has 2 N–H and O–H groups in total. The van der Waals surface area contributed by atoms with Crippen molar-refractivity contribution in [2.45, 2.75) is 89.5 Å². The number of ether oxygens (including phenoxy) is 1. The third-order valence-electron chi connectivity index (χ3n) is 7.92. The molecule has 0 unspecified atom stereocenters. The van der Waals surface area contributed by atoms with Crippen LogP contribution in [0.15, 0.2) is 30.3 Å². The van der Waals surface area contributed by atoms with Gasteiger partial charge in [0.15, 0.2) is 0 Å². The predicted molar refractivity (Wildman–Crippen MR) is 141 cm³/mol. The first-order valence-electron chi connectivity index (χ1n) is 14.0. The van der Waals surface area contributed by atoms with E-state index in [4.69, 9.17) is 4.74 Å². The smallest absolute Gasteiger partial charge is 0.317 e. The van der Waals surface area contributed by atoms with E-state index in [1.54, 1.807) is 0 Å². The topological polar surface area (TPSA) is 53.6 Å². The second kappa shape index (κ2) is 15.4. The summed E-state index contributed by atoms with van der Waals surface area (Å²) in [5.74, 6) is 1.80. The van der Waals surface area contributed by atoms with Gasteiger partial charge in [-0.3, -0.25) is 0 Å². The lowest BCUT2D eigenvalue weighted by Gasteiger charge is -2.38. The average molecular weight is 472 g/mol. The Morgan fingerprint density at radius 2 is 1.88 bits per heavy atom. The van der Waals surface area contributed by atoms with Crippen molar-refractivity contribution in [1.82, 2.24) is 15.5 Å². The Bertz CT molecular complexity index is 677. The molecule has 5 nitrogen and oxygen atoms in total. The summed E-state index contributed by atoms with van der Waals surface area (Å²) in [6, 6.07) is 11.3. The minimum atomic E-state index is 0.143. The fraction of sp³-hybridized carbons (Fsp3) is 0.759. The third-order valence-corrected chi connectivity index (χ3v) is 7.92. The van der Waals surface area contributed by atoms with E-state index in [-0.39, 0.29) is 12.1 Å². The summed E-state index contributed by atoms with van der Waals surface area (Å²) in [5, 5.41) is 6.72. The van der Waals surface area contributed by atoms with Gasteiger partial charge in [0, 0.05) is 38.9 Å². The van der Waals surface area contributed by atoms with Gasteiger partial charge in [0.05, 0.1) is 0 Å². The van der Waals surface area contributed by atoms with Crippen LogP contribution >= 0.6 is 0 Å². The molecule has 2 aliphatic rings. The van der Waals surface area contributed by atoms with Crippen molar-refractivity contribution in [2.24, 2.45) is 11.8 Å². The van der Waals surface area contributed by atoms with E-state index < -0.39 is 0 Å². The first-order chi connectivity index (χ1) is 16.7. The number of carbonyl (C=O) groups excluding carboxylic acids is 1. The van der Waals surface area contributed by atoms with Crippen LogP contribution in [-0.4, -0.2) is 56.9 Å². The number of nitrogens with zero attached hydrogens (tertiary/aromatic N) is 1. The van der Waals surface area contributed by atoms with E-state index in [2.05, 4.69) is 52.8 Å². The Labute approximate surface area is 208 Å². The van der Waals surface area contributed by atoms with Gasteiger partial charge in [-0.2, -0.15) is 0 Å². The van der Waals surface area contributed by atoms with E-state index >= 15 is 0 Å². The standard InChI is InChI=1S/C29H49N3O2/c1-3-34-20-11-10-18-28(25-15-8-5-9-16-25)26-17-12-19-32(23-26)29(33)31-27(22-30-2)21-24-13-6-4-7-14-24/h5,8-9,15-16,24,26-28,30H,3-4,6-7,10-14,17-23H2,1-2H3,(H,31,33)/t26-,27+,28+/m1/s1. The van der Waals surface area contributed by atoms with E-state index in [9.17, 15) is 4.79 Å². The summed E-state index contributed by atoms with van der Waals surface area (Å²) >= 11 is 0. The minimum absolute atomic E-state index is 0.143. The fourth-order valence-corrected chi connectivity index (χ4v) is 6.14. The van der Waals surface area contributed by atoms with Gasteiger partial charge in [0.25, 0.3) is 0 Å². The lowest BCUT2D eigenvalue weighted by molar-refractivity contribution is 0.136. The zero-order chi connectivity index (χ0) is 24.0. The Morgan fingerprint density at radius 3 is 2.62 bits per heavy atom. The summed E-state index contributed by atoms with van der Waals surface area (Å²) < 4.78 is 5.56. The maximum Gasteiger partial charge on any atom is 0.317 e. The molecule has 192 valence electrons. The van der Waals surface area contributed by atoms with Crippen molar-refractivity contribution in [2.75, 3.05) is 39.9 Å². The summed E-state index contributed by atoms with van der Waals surface area (Å²) in [5.41, 5.74) is 1.43. The van der Waals surface area contributed by atoms with E-state index in [1.165, 1.54) is 56.9 Å². The molecule has 0 radical (unpaired) electrons. The number of piperidine rings is 1. The Kier molecular flexibility index (Phi) is 12.2. The number of unbranched alkanes of at least 4 members (excludes halogenated alkanes) is 1. The molecule has 1 saturated heterocycles. The number of amides is 2. The molecule has 3 atom stereocenters. The second-order valence-corrected chi connectivity index (χ2v) is 10.5. The number of urea groups is 1. The largest absolute Gasteiger partial charge is 0.382 e. The SMILES string of the molecule is CCOCCCC[C@@H](c1ccccc1)[C@@H]1CCCN(C(=O)N[C@H](CNC)CC2CCCCC2)C1. The molecule has 1 saturated carbocycles. The molecule has 1 aliphatic heterocycles. The van der Waals surface area contributed by atoms with Gasteiger partial charge in [0.2, 0.25) is 0 Å². The fourth-order valence-electron chi connectivity index (χ4n) is 6.14. The van der Waals surface area contributed by atoms with E-state index in [0.717, 1.165) is 58.0 Å². The number of likely N-dealkylation sites (tertiary alicyclic amines) is 1. The van der Waals surface area contributed by atoms with Gasteiger partial charge < -0.3 is 20.3 Å². The summed E-state index contributed by atoms with van der Waals surface area (Å²) in [7, 11) is 1.99. The molecule has 0 spiro atoms.